The van der Waals surface area contributed by atoms with Crippen LogP contribution in [0.3, 0.4) is 0 Å². The van der Waals surface area contributed by atoms with Crippen LogP contribution in [0.4, 0.5) is 0 Å². The van der Waals surface area contributed by atoms with Crippen molar-refractivity contribution >= 4 is 59.0 Å². The number of aliphatic carboxylic acids is 3. The van der Waals surface area contributed by atoms with Crippen LogP contribution in [0.1, 0.15) is 90.4 Å². The Kier molecular flexibility index (Phi) is 21.0. The van der Waals surface area contributed by atoms with Crippen molar-refractivity contribution in [1.82, 2.24) is 0 Å². The Bertz CT molecular complexity index is 457. The SMILES string of the molecule is CCCCCCCCCCC[CH2][Sn]([S]CCC(=O)O)([S]CCC(=O)O)[S]CCC(=O)O. The molecule has 0 aliphatic heterocycles. The van der Waals surface area contributed by atoms with E-state index in [1.807, 2.05) is 0 Å². The molecule has 10 heteroatoms. The normalized spacial score (nSPS) is 11.5. The van der Waals surface area contributed by atoms with E-state index in [2.05, 4.69) is 6.92 Å². The van der Waals surface area contributed by atoms with Gasteiger partial charge in [-0.05, 0) is 0 Å². The summed E-state index contributed by atoms with van der Waals surface area (Å²) in [4.78, 5) is 32.9. The monoisotopic (exact) mass is 604 g/mol. The Labute approximate surface area is 199 Å². The van der Waals surface area contributed by atoms with E-state index in [0.29, 0.717) is 17.3 Å². The second-order valence-corrected chi connectivity index (χ2v) is 41.6. The Hall–Kier alpha value is 0.259. The second kappa shape index (κ2) is 20.8. The van der Waals surface area contributed by atoms with E-state index >= 15 is 0 Å². The summed E-state index contributed by atoms with van der Waals surface area (Å²) in [5.41, 5.74) is 0. The first-order chi connectivity index (χ1) is 14.8. The number of carboxylic acid groups (broad SMARTS) is 3. The van der Waals surface area contributed by atoms with Crippen LogP contribution >= 0.6 is 26.8 Å². The molecule has 0 aromatic carbocycles. The minimum atomic E-state index is -3.02. The summed E-state index contributed by atoms with van der Waals surface area (Å²) in [7, 11) is 5.25. The van der Waals surface area contributed by atoms with Crippen LogP contribution in [0, 0.1) is 0 Å². The molecule has 0 heterocycles. The van der Waals surface area contributed by atoms with Gasteiger partial charge in [0.1, 0.15) is 0 Å². The summed E-state index contributed by atoms with van der Waals surface area (Å²) in [6.07, 6.45) is 12.8. The van der Waals surface area contributed by atoms with Crippen molar-refractivity contribution in [1.29, 1.82) is 0 Å². The van der Waals surface area contributed by atoms with Crippen molar-refractivity contribution in [3.05, 3.63) is 0 Å². The van der Waals surface area contributed by atoms with Gasteiger partial charge in [0.15, 0.2) is 0 Å². The molecular weight excluding hydrogens is 563 g/mol. The fourth-order valence-corrected chi connectivity index (χ4v) is 41.9. The quantitative estimate of drug-likeness (QED) is 0.0894. The molecule has 3 N–H and O–H groups in total. The summed E-state index contributed by atoms with van der Waals surface area (Å²) in [6.45, 7) is 2.23. The Morgan fingerprint density at radius 1 is 0.581 bits per heavy atom. The molecule has 0 atom stereocenters. The zero-order valence-electron chi connectivity index (χ0n) is 18.8. The number of unbranched alkanes of at least 4 members (excludes halogenated alkanes) is 9. The molecule has 0 aliphatic carbocycles. The Balaban J connectivity index is 4.60. The predicted octanol–water partition coefficient (Wildman–Crippen LogP) is 6.47. The van der Waals surface area contributed by atoms with Crippen LogP contribution in [-0.2, 0) is 14.4 Å². The van der Waals surface area contributed by atoms with Gasteiger partial charge in [-0.25, -0.2) is 0 Å². The zero-order valence-corrected chi connectivity index (χ0v) is 24.1. The molecule has 0 saturated heterocycles. The van der Waals surface area contributed by atoms with Crippen molar-refractivity contribution in [2.45, 2.75) is 94.8 Å². The van der Waals surface area contributed by atoms with Crippen LogP contribution in [0.5, 0.6) is 0 Å². The van der Waals surface area contributed by atoms with E-state index < -0.39 is 32.1 Å². The van der Waals surface area contributed by atoms with E-state index in [-0.39, 0.29) is 19.3 Å². The van der Waals surface area contributed by atoms with Crippen LogP contribution in [0.2, 0.25) is 4.44 Å². The van der Waals surface area contributed by atoms with Gasteiger partial charge in [0.05, 0.1) is 0 Å². The van der Waals surface area contributed by atoms with Crippen molar-refractivity contribution < 1.29 is 29.7 Å². The minimum absolute atomic E-state index is 0.0976. The van der Waals surface area contributed by atoms with Crippen molar-refractivity contribution in [2.75, 3.05) is 17.3 Å². The molecule has 0 rings (SSSR count). The number of carbonyl (C=O) groups is 3. The summed E-state index contributed by atoms with van der Waals surface area (Å²) < 4.78 is 1.03. The van der Waals surface area contributed by atoms with Gasteiger partial charge in [-0.15, -0.1) is 0 Å². The maximum absolute atomic E-state index is 11.0. The average Bonchev–Trinajstić information content (AvgIpc) is 2.68. The third-order valence-corrected chi connectivity index (χ3v) is 44.9. The summed E-state index contributed by atoms with van der Waals surface area (Å²) in [5.74, 6) is -0.872. The summed E-state index contributed by atoms with van der Waals surface area (Å²) in [6, 6.07) is 0. The van der Waals surface area contributed by atoms with Gasteiger partial charge in [-0.2, -0.15) is 0 Å². The summed E-state index contributed by atoms with van der Waals surface area (Å²) >= 11 is -3.02. The molecule has 31 heavy (non-hydrogen) atoms. The second-order valence-electron chi connectivity index (χ2n) is 7.59. The Morgan fingerprint density at radius 2 is 0.903 bits per heavy atom. The van der Waals surface area contributed by atoms with Crippen LogP contribution in [0.25, 0.3) is 0 Å². The molecule has 0 bridgehead atoms. The number of hydrogen-bond acceptors (Lipinski definition) is 6. The third-order valence-electron chi connectivity index (χ3n) is 4.75. The molecule has 0 aromatic rings. The van der Waals surface area contributed by atoms with Gasteiger partial charge < -0.3 is 0 Å². The molecular formula is C21H40O6S3Sn. The molecule has 6 nitrogen and oxygen atoms in total. The molecule has 0 radical (unpaired) electrons. The zero-order chi connectivity index (χ0) is 23.4. The van der Waals surface area contributed by atoms with Crippen LogP contribution in [-0.4, -0.2) is 64.7 Å². The van der Waals surface area contributed by atoms with Crippen LogP contribution in [0.15, 0.2) is 0 Å². The van der Waals surface area contributed by atoms with E-state index in [1.165, 1.54) is 51.4 Å². The number of rotatable bonds is 23. The van der Waals surface area contributed by atoms with Crippen LogP contribution < -0.4 is 0 Å². The van der Waals surface area contributed by atoms with Gasteiger partial charge in [-0.1, -0.05) is 0 Å². The fourth-order valence-electron chi connectivity index (χ4n) is 3.05. The molecule has 0 aliphatic rings. The molecule has 0 fully saturated rings. The van der Waals surface area contributed by atoms with E-state index in [1.54, 1.807) is 26.8 Å². The third kappa shape index (κ3) is 20.6. The molecule has 0 spiro atoms. The van der Waals surface area contributed by atoms with Crippen molar-refractivity contribution in [3.8, 4) is 0 Å². The molecule has 0 aromatic heterocycles. The van der Waals surface area contributed by atoms with Crippen molar-refractivity contribution in [2.24, 2.45) is 0 Å². The molecule has 182 valence electrons. The van der Waals surface area contributed by atoms with E-state index in [0.717, 1.165) is 17.3 Å². The average molecular weight is 603 g/mol. The predicted molar refractivity (Wildman–Crippen MR) is 137 cm³/mol. The van der Waals surface area contributed by atoms with E-state index in [9.17, 15) is 14.4 Å². The van der Waals surface area contributed by atoms with Gasteiger partial charge >= 0.3 is 201 Å². The van der Waals surface area contributed by atoms with Gasteiger partial charge in [0.2, 0.25) is 0 Å². The fraction of sp³-hybridized carbons (Fsp3) is 0.857. The van der Waals surface area contributed by atoms with Gasteiger partial charge in [-0.3, -0.25) is 0 Å². The maximum atomic E-state index is 11.0. The Morgan fingerprint density at radius 3 is 1.23 bits per heavy atom. The molecule has 0 unspecified atom stereocenters. The first-order valence-electron chi connectivity index (χ1n) is 11.4. The standard InChI is InChI=1S/C12H25.3C3H6O2S.Sn/c1-3-5-7-9-11-12-10-8-6-4-2;3*4-3(5)1-2-6;/h1,3-12H2,2H3;3*6H,1-2H2,(H,4,5);/q;;;;+3/p-3. The van der Waals surface area contributed by atoms with Crippen molar-refractivity contribution in [3.63, 3.8) is 0 Å². The summed E-state index contributed by atoms with van der Waals surface area (Å²) in [5, 5.41) is 27.0. The number of hydrogen-bond donors (Lipinski definition) is 3. The first-order valence-corrected chi connectivity index (χ1v) is 26.8. The number of carboxylic acids is 3. The molecule has 0 amide bonds. The van der Waals surface area contributed by atoms with E-state index in [4.69, 9.17) is 15.3 Å². The van der Waals surface area contributed by atoms with Gasteiger partial charge in [0.25, 0.3) is 0 Å². The van der Waals surface area contributed by atoms with Gasteiger partial charge in [0, 0.05) is 0 Å². The topological polar surface area (TPSA) is 112 Å². The first kappa shape index (κ1) is 31.3. The molecule has 0 saturated carbocycles.